The first-order valence-corrected chi connectivity index (χ1v) is 10.1. The quantitative estimate of drug-likeness (QED) is 0.586. The average Bonchev–Trinajstić information content (AvgIpc) is 3.23. The van der Waals surface area contributed by atoms with E-state index in [1.165, 1.54) is 5.56 Å². The van der Waals surface area contributed by atoms with E-state index in [0.29, 0.717) is 37.5 Å². The summed E-state index contributed by atoms with van der Waals surface area (Å²) in [7, 11) is 0. The van der Waals surface area contributed by atoms with E-state index >= 15 is 0 Å². The van der Waals surface area contributed by atoms with Gasteiger partial charge in [-0.3, -0.25) is 9.69 Å². The molecule has 1 aliphatic rings. The standard InChI is InChI=1S/C25H24N2O3/c28-24(22-12-7-13-23(18-22)27-16-17-30-25(27)29)26(19-21-10-5-2-6-11-21)15-14-20-8-3-1-4-9-20/h1-13,18H,14-17,19H2. The van der Waals surface area contributed by atoms with Gasteiger partial charge in [-0.1, -0.05) is 66.7 Å². The number of amides is 2. The van der Waals surface area contributed by atoms with Crippen molar-refractivity contribution in [2.45, 2.75) is 13.0 Å². The highest BCUT2D eigenvalue weighted by atomic mass is 16.6. The lowest BCUT2D eigenvalue weighted by Gasteiger charge is -2.24. The molecule has 0 unspecified atom stereocenters. The fourth-order valence-electron chi connectivity index (χ4n) is 3.58. The van der Waals surface area contributed by atoms with Crippen LogP contribution < -0.4 is 4.90 Å². The van der Waals surface area contributed by atoms with E-state index in [2.05, 4.69) is 12.1 Å². The maximum Gasteiger partial charge on any atom is 0.414 e. The topological polar surface area (TPSA) is 49.9 Å². The minimum absolute atomic E-state index is 0.0517. The van der Waals surface area contributed by atoms with Crippen molar-refractivity contribution < 1.29 is 14.3 Å². The van der Waals surface area contributed by atoms with Crippen molar-refractivity contribution in [1.29, 1.82) is 0 Å². The Morgan fingerprint density at radius 3 is 2.27 bits per heavy atom. The van der Waals surface area contributed by atoms with E-state index in [-0.39, 0.29) is 12.0 Å². The van der Waals surface area contributed by atoms with Gasteiger partial charge in [-0.15, -0.1) is 0 Å². The van der Waals surface area contributed by atoms with Gasteiger partial charge in [0.25, 0.3) is 5.91 Å². The van der Waals surface area contributed by atoms with Crippen LogP contribution in [0, 0.1) is 0 Å². The average molecular weight is 400 g/mol. The Morgan fingerprint density at radius 1 is 0.900 bits per heavy atom. The van der Waals surface area contributed by atoms with Gasteiger partial charge in [0.05, 0.1) is 6.54 Å². The van der Waals surface area contributed by atoms with Gasteiger partial charge in [0, 0.05) is 24.3 Å². The van der Waals surface area contributed by atoms with Gasteiger partial charge in [0.15, 0.2) is 0 Å². The molecule has 5 nitrogen and oxygen atoms in total. The molecule has 0 saturated carbocycles. The highest BCUT2D eigenvalue weighted by Crippen LogP contribution is 2.21. The summed E-state index contributed by atoms with van der Waals surface area (Å²) in [5.41, 5.74) is 3.53. The predicted molar refractivity (Wildman–Crippen MR) is 116 cm³/mol. The Morgan fingerprint density at radius 2 is 1.60 bits per heavy atom. The fourth-order valence-corrected chi connectivity index (χ4v) is 3.58. The molecular formula is C25H24N2O3. The number of rotatable bonds is 7. The summed E-state index contributed by atoms with van der Waals surface area (Å²) in [6, 6.07) is 27.4. The van der Waals surface area contributed by atoms with Crippen LogP contribution in [0.15, 0.2) is 84.9 Å². The molecule has 0 aromatic heterocycles. The van der Waals surface area contributed by atoms with Crippen molar-refractivity contribution in [1.82, 2.24) is 4.90 Å². The summed E-state index contributed by atoms with van der Waals surface area (Å²) in [4.78, 5) is 28.7. The molecule has 152 valence electrons. The second kappa shape index (κ2) is 9.27. The van der Waals surface area contributed by atoms with E-state index in [9.17, 15) is 9.59 Å². The molecule has 1 fully saturated rings. The molecule has 0 radical (unpaired) electrons. The molecular weight excluding hydrogens is 376 g/mol. The summed E-state index contributed by atoms with van der Waals surface area (Å²) in [5, 5.41) is 0. The van der Waals surface area contributed by atoms with Crippen LogP contribution in [-0.2, 0) is 17.7 Å². The third-order valence-electron chi connectivity index (χ3n) is 5.18. The van der Waals surface area contributed by atoms with E-state index < -0.39 is 0 Å². The molecule has 2 amide bonds. The number of benzene rings is 3. The third kappa shape index (κ3) is 4.69. The molecule has 0 spiro atoms. The lowest BCUT2D eigenvalue weighted by molar-refractivity contribution is 0.0745. The van der Waals surface area contributed by atoms with Crippen molar-refractivity contribution in [3.8, 4) is 0 Å². The van der Waals surface area contributed by atoms with Crippen molar-refractivity contribution in [3.05, 3.63) is 102 Å². The van der Waals surface area contributed by atoms with Crippen LogP contribution in [0.25, 0.3) is 0 Å². The van der Waals surface area contributed by atoms with Crippen molar-refractivity contribution in [3.63, 3.8) is 0 Å². The van der Waals surface area contributed by atoms with E-state index in [1.54, 1.807) is 17.0 Å². The third-order valence-corrected chi connectivity index (χ3v) is 5.18. The molecule has 3 aromatic carbocycles. The number of hydrogen-bond acceptors (Lipinski definition) is 3. The van der Waals surface area contributed by atoms with Gasteiger partial charge >= 0.3 is 6.09 Å². The zero-order chi connectivity index (χ0) is 20.8. The molecule has 5 heteroatoms. The second-order valence-electron chi connectivity index (χ2n) is 7.26. The van der Waals surface area contributed by atoms with Gasteiger partial charge in [-0.05, 0) is 35.7 Å². The molecule has 0 bridgehead atoms. The first-order valence-electron chi connectivity index (χ1n) is 10.1. The number of carbonyl (C=O) groups excluding carboxylic acids is 2. The zero-order valence-electron chi connectivity index (χ0n) is 16.7. The molecule has 3 aromatic rings. The van der Waals surface area contributed by atoms with Crippen LogP contribution >= 0.6 is 0 Å². The van der Waals surface area contributed by atoms with Crippen molar-refractivity contribution in [2.24, 2.45) is 0 Å². The number of nitrogens with zero attached hydrogens (tertiary/aromatic N) is 2. The first kappa shape index (κ1) is 19.7. The molecule has 4 rings (SSSR count). The summed E-state index contributed by atoms with van der Waals surface area (Å²) in [6.07, 6.45) is 0.405. The van der Waals surface area contributed by atoms with Gasteiger partial charge in [-0.2, -0.15) is 0 Å². The van der Waals surface area contributed by atoms with Crippen LogP contribution in [0.1, 0.15) is 21.5 Å². The first-order chi connectivity index (χ1) is 14.7. The Hall–Kier alpha value is -3.60. The normalized spacial score (nSPS) is 13.2. The van der Waals surface area contributed by atoms with Crippen LogP contribution in [0.4, 0.5) is 10.5 Å². The van der Waals surface area contributed by atoms with E-state index in [0.717, 1.165) is 12.0 Å². The maximum atomic E-state index is 13.4. The molecule has 1 heterocycles. The van der Waals surface area contributed by atoms with Gasteiger partial charge in [0.1, 0.15) is 6.61 Å². The predicted octanol–water partition coefficient (Wildman–Crippen LogP) is 4.53. The Kier molecular flexibility index (Phi) is 6.09. The van der Waals surface area contributed by atoms with Crippen LogP contribution in [0.3, 0.4) is 0 Å². The SMILES string of the molecule is O=C(c1cccc(N2CCOC2=O)c1)N(CCc1ccccc1)Cc1ccccc1. The van der Waals surface area contributed by atoms with Crippen molar-refractivity contribution >= 4 is 17.7 Å². The van der Waals surface area contributed by atoms with Crippen LogP contribution in [-0.4, -0.2) is 36.6 Å². The second-order valence-corrected chi connectivity index (χ2v) is 7.26. The number of hydrogen-bond donors (Lipinski definition) is 0. The van der Waals surface area contributed by atoms with Crippen LogP contribution in [0.5, 0.6) is 0 Å². The van der Waals surface area contributed by atoms with Gasteiger partial charge < -0.3 is 9.64 Å². The van der Waals surface area contributed by atoms with Crippen molar-refractivity contribution in [2.75, 3.05) is 24.6 Å². The molecule has 30 heavy (non-hydrogen) atoms. The minimum atomic E-state index is -0.371. The fraction of sp³-hybridized carbons (Fsp3) is 0.200. The molecule has 1 aliphatic heterocycles. The Labute approximate surface area is 176 Å². The maximum absolute atomic E-state index is 13.4. The monoisotopic (exact) mass is 400 g/mol. The molecule has 0 N–H and O–H groups in total. The molecule has 0 atom stereocenters. The number of carbonyl (C=O) groups is 2. The number of anilines is 1. The zero-order valence-corrected chi connectivity index (χ0v) is 16.7. The summed E-state index contributed by atoms with van der Waals surface area (Å²) >= 11 is 0. The molecule has 1 saturated heterocycles. The van der Waals surface area contributed by atoms with E-state index in [1.807, 2.05) is 65.6 Å². The van der Waals surface area contributed by atoms with E-state index in [4.69, 9.17) is 4.74 Å². The van der Waals surface area contributed by atoms with Crippen LogP contribution in [0.2, 0.25) is 0 Å². The number of ether oxygens (including phenoxy) is 1. The Balaban J connectivity index is 1.56. The largest absolute Gasteiger partial charge is 0.447 e. The highest BCUT2D eigenvalue weighted by molar-refractivity contribution is 5.97. The number of cyclic esters (lactones) is 1. The lowest BCUT2D eigenvalue weighted by atomic mass is 10.1. The molecule has 0 aliphatic carbocycles. The summed E-state index contributed by atoms with van der Waals surface area (Å²) in [6.45, 7) is 2.00. The highest BCUT2D eigenvalue weighted by Gasteiger charge is 2.25. The summed E-state index contributed by atoms with van der Waals surface area (Å²) in [5.74, 6) is -0.0517. The lowest BCUT2D eigenvalue weighted by Crippen LogP contribution is -2.33. The minimum Gasteiger partial charge on any atom is -0.447 e. The van der Waals surface area contributed by atoms with Gasteiger partial charge in [-0.25, -0.2) is 4.79 Å². The smallest absolute Gasteiger partial charge is 0.414 e. The van der Waals surface area contributed by atoms with Gasteiger partial charge in [0.2, 0.25) is 0 Å². The Bertz CT molecular complexity index is 1010. The summed E-state index contributed by atoms with van der Waals surface area (Å²) < 4.78 is 5.03.